The van der Waals surface area contributed by atoms with Crippen LogP contribution >= 0.6 is 0 Å². The molecule has 0 amide bonds. The zero-order valence-electron chi connectivity index (χ0n) is 13.0. The summed E-state index contributed by atoms with van der Waals surface area (Å²) in [5, 5.41) is 9.05. The van der Waals surface area contributed by atoms with Gasteiger partial charge < -0.3 is 19.3 Å². The van der Waals surface area contributed by atoms with E-state index in [9.17, 15) is 9.59 Å². The smallest absolute Gasteiger partial charge is 0.308 e. The van der Waals surface area contributed by atoms with E-state index in [2.05, 4.69) is 9.47 Å². The van der Waals surface area contributed by atoms with Crippen molar-refractivity contribution in [1.29, 1.82) is 0 Å². The quantitative estimate of drug-likeness (QED) is 0.386. The standard InChI is InChI=1S/C11H12O4.C4H10O2/c1-7(12)11(14)9-3-5-10(6-4-9)15-8(2)13;1-4(5-2)6-3/h3-7,12H,1-2H3;4H,1-3H3. The van der Waals surface area contributed by atoms with Gasteiger partial charge in [-0.25, -0.2) is 0 Å². The zero-order valence-corrected chi connectivity index (χ0v) is 13.0. The highest BCUT2D eigenvalue weighted by Gasteiger charge is 2.11. The molecule has 118 valence electrons. The number of hydrogen-bond donors (Lipinski definition) is 1. The van der Waals surface area contributed by atoms with E-state index in [1.807, 2.05) is 6.92 Å². The van der Waals surface area contributed by atoms with Crippen LogP contribution < -0.4 is 4.74 Å². The minimum absolute atomic E-state index is 0.0648. The number of rotatable bonds is 5. The summed E-state index contributed by atoms with van der Waals surface area (Å²) in [5.74, 6) is -0.390. The molecule has 1 atom stereocenters. The van der Waals surface area contributed by atoms with Gasteiger partial charge >= 0.3 is 5.97 Å². The van der Waals surface area contributed by atoms with Crippen molar-refractivity contribution < 1.29 is 28.9 Å². The molecule has 1 aromatic carbocycles. The molecule has 0 aliphatic carbocycles. The summed E-state index contributed by atoms with van der Waals surface area (Å²) in [6.45, 7) is 4.54. The van der Waals surface area contributed by atoms with Crippen LogP contribution in [0.5, 0.6) is 5.75 Å². The summed E-state index contributed by atoms with van der Waals surface area (Å²) in [6.07, 6.45) is -1.09. The number of methoxy groups -OCH3 is 2. The normalized spacial score (nSPS) is 11.4. The predicted octanol–water partition coefficient (Wildman–Crippen LogP) is 1.80. The highest BCUT2D eigenvalue weighted by Crippen LogP contribution is 2.13. The third kappa shape index (κ3) is 8.19. The SMILES string of the molecule is CC(=O)Oc1ccc(C(=O)C(C)O)cc1.COC(C)OC. The molecule has 0 aliphatic heterocycles. The number of carbonyl (C=O) groups excluding carboxylic acids is 2. The van der Waals surface area contributed by atoms with Gasteiger partial charge in [0.05, 0.1) is 0 Å². The first-order valence-electron chi connectivity index (χ1n) is 6.38. The Bertz CT molecular complexity index is 434. The van der Waals surface area contributed by atoms with Crippen molar-refractivity contribution in [2.75, 3.05) is 14.2 Å². The van der Waals surface area contributed by atoms with Gasteiger partial charge in [-0.3, -0.25) is 9.59 Å². The summed E-state index contributed by atoms with van der Waals surface area (Å²) >= 11 is 0. The number of ketones is 1. The number of aliphatic hydroxyl groups is 1. The lowest BCUT2D eigenvalue weighted by Gasteiger charge is -2.04. The van der Waals surface area contributed by atoms with Gasteiger partial charge in [0.1, 0.15) is 11.9 Å². The number of hydrogen-bond acceptors (Lipinski definition) is 6. The lowest BCUT2D eigenvalue weighted by Crippen LogP contribution is -2.15. The highest BCUT2D eigenvalue weighted by molar-refractivity contribution is 5.99. The minimum atomic E-state index is -1.02. The molecule has 0 radical (unpaired) electrons. The van der Waals surface area contributed by atoms with Crippen molar-refractivity contribution in [3.8, 4) is 5.75 Å². The molecular weight excluding hydrogens is 276 g/mol. The van der Waals surface area contributed by atoms with Crippen LogP contribution in [0, 0.1) is 0 Å². The number of benzene rings is 1. The fraction of sp³-hybridized carbons (Fsp3) is 0.467. The van der Waals surface area contributed by atoms with Gasteiger partial charge in [-0.2, -0.15) is 0 Å². The third-order valence-corrected chi connectivity index (χ3v) is 2.44. The fourth-order valence-electron chi connectivity index (χ4n) is 1.19. The van der Waals surface area contributed by atoms with Crippen LogP contribution in [0.1, 0.15) is 31.1 Å². The average molecular weight is 298 g/mol. The Labute approximate surface area is 124 Å². The first-order valence-corrected chi connectivity index (χ1v) is 6.38. The number of Topliss-reactive ketones (excluding diaryl/α,β-unsaturated/α-hetero) is 1. The lowest BCUT2D eigenvalue weighted by molar-refractivity contribution is -0.131. The summed E-state index contributed by atoms with van der Waals surface area (Å²) in [4.78, 5) is 21.9. The second kappa shape index (κ2) is 10.0. The molecule has 0 saturated carbocycles. The van der Waals surface area contributed by atoms with Gasteiger partial charge in [-0.15, -0.1) is 0 Å². The predicted molar refractivity (Wildman–Crippen MR) is 77.2 cm³/mol. The molecule has 1 N–H and O–H groups in total. The Morgan fingerprint density at radius 3 is 1.81 bits per heavy atom. The van der Waals surface area contributed by atoms with Gasteiger partial charge in [0, 0.05) is 26.7 Å². The van der Waals surface area contributed by atoms with Crippen molar-refractivity contribution in [2.45, 2.75) is 33.2 Å². The molecule has 0 fully saturated rings. The first kappa shape index (κ1) is 19.2. The molecular formula is C15H22O6. The van der Waals surface area contributed by atoms with Gasteiger partial charge in [0.15, 0.2) is 12.1 Å². The van der Waals surface area contributed by atoms with Crippen LogP contribution in [0.2, 0.25) is 0 Å². The van der Waals surface area contributed by atoms with Crippen LogP contribution in [-0.2, 0) is 14.3 Å². The number of ether oxygens (including phenoxy) is 3. The Kier molecular flexibility index (Phi) is 9.20. The summed E-state index contributed by atoms with van der Waals surface area (Å²) < 4.78 is 14.2. The molecule has 1 unspecified atom stereocenters. The van der Waals surface area contributed by atoms with Gasteiger partial charge in [0.2, 0.25) is 0 Å². The topological polar surface area (TPSA) is 82.1 Å². The fourth-order valence-corrected chi connectivity index (χ4v) is 1.19. The zero-order chi connectivity index (χ0) is 16.4. The summed E-state index contributed by atoms with van der Waals surface area (Å²) in [5.41, 5.74) is 0.390. The second-order valence-corrected chi connectivity index (χ2v) is 4.20. The lowest BCUT2D eigenvalue weighted by atomic mass is 10.1. The average Bonchev–Trinajstić information content (AvgIpc) is 2.46. The van der Waals surface area contributed by atoms with E-state index in [1.165, 1.54) is 38.1 Å². The van der Waals surface area contributed by atoms with Crippen LogP contribution in [-0.4, -0.2) is 43.5 Å². The number of aliphatic hydroxyl groups excluding tert-OH is 1. The monoisotopic (exact) mass is 298 g/mol. The van der Waals surface area contributed by atoms with Gasteiger partial charge in [0.25, 0.3) is 0 Å². The molecule has 6 nitrogen and oxygen atoms in total. The third-order valence-electron chi connectivity index (χ3n) is 2.44. The molecule has 0 aromatic heterocycles. The van der Waals surface area contributed by atoms with E-state index in [-0.39, 0.29) is 12.1 Å². The maximum absolute atomic E-state index is 11.3. The summed E-state index contributed by atoms with van der Waals surface area (Å²) in [7, 11) is 3.21. The van der Waals surface area contributed by atoms with Crippen LogP contribution in [0.15, 0.2) is 24.3 Å². The van der Waals surface area contributed by atoms with E-state index in [0.29, 0.717) is 11.3 Å². The van der Waals surface area contributed by atoms with Crippen LogP contribution in [0.3, 0.4) is 0 Å². The molecule has 0 heterocycles. The van der Waals surface area contributed by atoms with Crippen molar-refractivity contribution >= 4 is 11.8 Å². The van der Waals surface area contributed by atoms with E-state index in [0.717, 1.165) is 0 Å². The van der Waals surface area contributed by atoms with E-state index < -0.39 is 12.1 Å². The number of esters is 1. The van der Waals surface area contributed by atoms with Crippen molar-refractivity contribution in [1.82, 2.24) is 0 Å². The molecule has 6 heteroatoms. The van der Waals surface area contributed by atoms with Crippen LogP contribution in [0.25, 0.3) is 0 Å². The Morgan fingerprint density at radius 1 is 1.05 bits per heavy atom. The van der Waals surface area contributed by atoms with Crippen molar-refractivity contribution in [3.05, 3.63) is 29.8 Å². The molecule has 0 saturated heterocycles. The number of carbonyl (C=O) groups is 2. The highest BCUT2D eigenvalue weighted by atomic mass is 16.7. The van der Waals surface area contributed by atoms with Crippen molar-refractivity contribution in [2.24, 2.45) is 0 Å². The van der Waals surface area contributed by atoms with Crippen molar-refractivity contribution in [3.63, 3.8) is 0 Å². The van der Waals surface area contributed by atoms with E-state index >= 15 is 0 Å². The van der Waals surface area contributed by atoms with Gasteiger partial charge in [-0.05, 0) is 38.1 Å². The van der Waals surface area contributed by atoms with Crippen LogP contribution in [0.4, 0.5) is 0 Å². The first-order chi connectivity index (χ1) is 9.81. The van der Waals surface area contributed by atoms with E-state index in [4.69, 9.17) is 9.84 Å². The molecule has 0 aliphatic rings. The van der Waals surface area contributed by atoms with Gasteiger partial charge in [-0.1, -0.05) is 0 Å². The van der Waals surface area contributed by atoms with E-state index in [1.54, 1.807) is 14.2 Å². The maximum atomic E-state index is 11.3. The largest absolute Gasteiger partial charge is 0.427 e. The Hall–Kier alpha value is -1.76. The Balaban J connectivity index is 0.000000567. The molecule has 21 heavy (non-hydrogen) atoms. The Morgan fingerprint density at radius 2 is 1.52 bits per heavy atom. The molecule has 0 spiro atoms. The molecule has 1 aromatic rings. The molecule has 0 bridgehead atoms. The molecule has 1 rings (SSSR count). The summed E-state index contributed by atoms with van der Waals surface area (Å²) in [6, 6.07) is 6.04. The maximum Gasteiger partial charge on any atom is 0.308 e. The second-order valence-electron chi connectivity index (χ2n) is 4.20. The minimum Gasteiger partial charge on any atom is -0.427 e.